The first-order valence-corrected chi connectivity index (χ1v) is 8.86. The summed E-state index contributed by atoms with van der Waals surface area (Å²) in [4.78, 5) is 12.8. The molecular formula is C20H15ClFN5O. The molecule has 0 fully saturated rings. The van der Waals surface area contributed by atoms with Gasteiger partial charge in [-0.15, -0.1) is 5.10 Å². The molecule has 1 N–H and O–H groups in total. The number of rotatable bonds is 5. The Labute approximate surface area is 165 Å². The molecule has 0 aliphatic heterocycles. The number of amides is 1. The van der Waals surface area contributed by atoms with Crippen molar-refractivity contribution in [3.05, 3.63) is 95.2 Å². The van der Waals surface area contributed by atoms with Crippen molar-refractivity contribution in [1.82, 2.24) is 19.6 Å². The summed E-state index contributed by atoms with van der Waals surface area (Å²) in [5.41, 5.74) is 1.44. The van der Waals surface area contributed by atoms with Gasteiger partial charge in [-0.25, -0.2) is 9.07 Å². The Hall–Kier alpha value is -3.45. The zero-order valence-electron chi connectivity index (χ0n) is 14.6. The molecule has 6 nitrogen and oxygen atoms in total. The zero-order chi connectivity index (χ0) is 19.5. The van der Waals surface area contributed by atoms with Crippen LogP contribution in [0.15, 0.2) is 73.1 Å². The highest BCUT2D eigenvalue weighted by Crippen LogP contribution is 2.18. The largest absolute Gasteiger partial charge is 0.320 e. The summed E-state index contributed by atoms with van der Waals surface area (Å²) in [5, 5.41) is 11.5. The molecule has 0 saturated carbocycles. The van der Waals surface area contributed by atoms with E-state index in [0.29, 0.717) is 23.1 Å². The average molecular weight is 396 g/mol. The van der Waals surface area contributed by atoms with Crippen LogP contribution in [-0.4, -0.2) is 25.5 Å². The molecule has 1 amide bonds. The fourth-order valence-electron chi connectivity index (χ4n) is 2.81. The zero-order valence-corrected chi connectivity index (χ0v) is 15.3. The van der Waals surface area contributed by atoms with Gasteiger partial charge in [0.1, 0.15) is 5.82 Å². The molecule has 4 rings (SSSR count). The Bertz CT molecular complexity index is 1110. The van der Waals surface area contributed by atoms with Crippen LogP contribution in [0.5, 0.6) is 0 Å². The standard InChI is InChI=1S/C20H15ClFN5O/c21-15-8-6-14(7-9-15)13-27-20(26-10-1-2-11-26)18(24-25-27)19(28)23-17-5-3-4-16(22)12-17/h1-12H,13H2,(H,23,28). The number of hydrogen-bond donors (Lipinski definition) is 1. The van der Waals surface area contributed by atoms with Gasteiger partial charge < -0.3 is 9.88 Å². The van der Waals surface area contributed by atoms with Crippen molar-refractivity contribution in [2.75, 3.05) is 5.32 Å². The summed E-state index contributed by atoms with van der Waals surface area (Å²) in [6, 6.07) is 16.7. The minimum Gasteiger partial charge on any atom is -0.320 e. The van der Waals surface area contributed by atoms with E-state index in [0.717, 1.165) is 5.56 Å². The van der Waals surface area contributed by atoms with Gasteiger partial charge >= 0.3 is 0 Å². The predicted octanol–water partition coefficient (Wildman–Crippen LogP) is 4.16. The van der Waals surface area contributed by atoms with Crippen molar-refractivity contribution >= 4 is 23.2 Å². The van der Waals surface area contributed by atoms with Crippen LogP contribution in [0, 0.1) is 5.82 Å². The van der Waals surface area contributed by atoms with Crippen molar-refractivity contribution in [2.24, 2.45) is 0 Å². The Morgan fingerprint density at radius 2 is 1.82 bits per heavy atom. The van der Waals surface area contributed by atoms with E-state index in [1.54, 1.807) is 39.8 Å². The number of halogens is 2. The maximum absolute atomic E-state index is 13.4. The topological polar surface area (TPSA) is 64.7 Å². The van der Waals surface area contributed by atoms with Gasteiger partial charge in [0.2, 0.25) is 0 Å². The van der Waals surface area contributed by atoms with Gasteiger partial charge in [-0.2, -0.15) is 0 Å². The smallest absolute Gasteiger partial charge is 0.280 e. The van der Waals surface area contributed by atoms with Crippen molar-refractivity contribution in [2.45, 2.75) is 6.54 Å². The number of aromatic nitrogens is 4. The molecule has 140 valence electrons. The molecule has 28 heavy (non-hydrogen) atoms. The number of carbonyl (C=O) groups excluding carboxylic acids is 1. The number of carbonyl (C=O) groups is 1. The van der Waals surface area contributed by atoms with Gasteiger partial charge in [0.05, 0.1) is 6.54 Å². The molecule has 0 bridgehead atoms. The summed E-state index contributed by atoms with van der Waals surface area (Å²) in [6.07, 6.45) is 3.60. The molecule has 2 aromatic heterocycles. The van der Waals surface area contributed by atoms with Crippen LogP contribution in [0.4, 0.5) is 10.1 Å². The third-order valence-electron chi connectivity index (χ3n) is 4.10. The van der Waals surface area contributed by atoms with Gasteiger partial charge in [0, 0.05) is 23.1 Å². The minimum absolute atomic E-state index is 0.134. The van der Waals surface area contributed by atoms with Crippen LogP contribution in [0.25, 0.3) is 5.82 Å². The molecule has 2 aromatic carbocycles. The van der Waals surface area contributed by atoms with Crippen LogP contribution in [0.2, 0.25) is 5.02 Å². The Morgan fingerprint density at radius 1 is 1.07 bits per heavy atom. The first kappa shape index (κ1) is 17.9. The van der Waals surface area contributed by atoms with Gasteiger partial charge in [0.15, 0.2) is 11.5 Å². The lowest BCUT2D eigenvalue weighted by Gasteiger charge is -2.10. The van der Waals surface area contributed by atoms with E-state index in [2.05, 4.69) is 15.6 Å². The second-order valence-corrected chi connectivity index (χ2v) is 6.54. The molecule has 0 atom stereocenters. The van der Waals surface area contributed by atoms with E-state index < -0.39 is 11.7 Å². The molecule has 0 spiro atoms. The molecule has 0 aliphatic rings. The second kappa shape index (κ2) is 7.66. The first-order valence-electron chi connectivity index (χ1n) is 8.48. The number of benzene rings is 2. The highest BCUT2D eigenvalue weighted by atomic mass is 35.5. The SMILES string of the molecule is O=C(Nc1cccc(F)c1)c1nnn(Cc2ccc(Cl)cc2)c1-n1cccc1. The highest BCUT2D eigenvalue weighted by Gasteiger charge is 2.21. The molecule has 0 radical (unpaired) electrons. The Morgan fingerprint density at radius 3 is 2.54 bits per heavy atom. The summed E-state index contributed by atoms with van der Waals surface area (Å²) in [6.45, 7) is 0.408. The number of nitrogens with one attached hydrogen (secondary N) is 1. The normalized spacial score (nSPS) is 10.8. The lowest BCUT2D eigenvalue weighted by Crippen LogP contribution is -2.16. The molecule has 8 heteroatoms. The number of hydrogen-bond acceptors (Lipinski definition) is 3. The van der Waals surface area contributed by atoms with Crippen LogP contribution in [0.3, 0.4) is 0 Å². The third kappa shape index (κ3) is 3.79. The minimum atomic E-state index is -0.475. The van der Waals surface area contributed by atoms with E-state index >= 15 is 0 Å². The summed E-state index contributed by atoms with van der Waals surface area (Å²) in [7, 11) is 0. The van der Waals surface area contributed by atoms with Gasteiger partial charge in [-0.1, -0.05) is 35.0 Å². The summed E-state index contributed by atoms with van der Waals surface area (Å²) >= 11 is 5.94. The van der Waals surface area contributed by atoms with Crippen LogP contribution in [-0.2, 0) is 6.54 Å². The lowest BCUT2D eigenvalue weighted by molar-refractivity contribution is 0.102. The lowest BCUT2D eigenvalue weighted by atomic mass is 10.2. The maximum atomic E-state index is 13.4. The quantitative estimate of drug-likeness (QED) is 0.551. The monoisotopic (exact) mass is 395 g/mol. The van der Waals surface area contributed by atoms with E-state index in [1.807, 2.05) is 24.3 Å². The molecule has 0 saturated heterocycles. The average Bonchev–Trinajstić information content (AvgIpc) is 3.33. The van der Waals surface area contributed by atoms with Crippen molar-refractivity contribution in [3.8, 4) is 5.82 Å². The fourth-order valence-corrected chi connectivity index (χ4v) is 2.94. The molecule has 0 unspecified atom stereocenters. The summed E-state index contributed by atoms with van der Waals surface area (Å²) < 4.78 is 16.8. The van der Waals surface area contributed by atoms with E-state index in [9.17, 15) is 9.18 Å². The molecular weight excluding hydrogens is 381 g/mol. The van der Waals surface area contributed by atoms with Gasteiger partial charge in [-0.3, -0.25) is 4.79 Å². The maximum Gasteiger partial charge on any atom is 0.280 e. The molecule has 2 heterocycles. The van der Waals surface area contributed by atoms with Gasteiger partial charge in [0.25, 0.3) is 5.91 Å². The number of anilines is 1. The fraction of sp³-hybridized carbons (Fsp3) is 0.0500. The first-order chi connectivity index (χ1) is 13.6. The van der Waals surface area contributed by atoms with Crippen LogP contribution >= 0.6 is 11.6 Å². The summed E-state index contributed by atoms with van der Waals surface area (Å²) in [5.74, 6) is -0.402. The Balaban J connectivity index is 1.68. The van der Waals surface area contributed by atoms with Crippen LogP contribution < -0.4 is 5.32 Å². The van der Waals surface area contributed by atoms with Crippen molar-refractivity contribution < 1.29 is 9.18 Å². The van der Waals surface area contributed by atoms with Crippen LogP contribution in [0.1, 0.15) is 16.1 Å². The molecule has 4 aromatic rings. The predicted molar refractivity (Wildman–Crippen MR) is 104 cm³/mol. The second-order valence-electron chi connectivity index (χ2n) is 6.10. The third-order valence-corrected chi connectivity index (χ3v) is 4.35. The van der Waals surface area contributed by atoms with E-state index in [1.165, 1.54) is 18.2 Å². The van der Waals surface area contributed by atoms with E-state index in [-0.39, 0.29) is 5.69 Å². The Kier molecular flexibility index (Phi) is 4.90. The number of nitrogens with zero attached hydrogens (tertiary/aromatic N) is 4. The van der Waals surface area contributed by atoms with Gasteiger partial charge in [-0.05, 0) is 48.0 Å². The van der Waals surface area contributed by atoms with Crippen molar-refractivity contribution in [1.29, 1.82) is 0 Å². The molecule has 0 aliphatic carbocycles. The highest BCUT2D eigenvalue weighted by molar-refractivity contribution is 6.30. The van der Waals surface area contributed by atoms with Crippen molar-refractivity contribution in [3.63, 3.8) is 0 Å². The van der Waals surface area contributed by atoms with E-state index in [4.69, 9.17) is 11.6 Å².